The van der Waals surface area contributed by atoms with Gasteiger partial charge in [-0.05, 0) is 42.8 Å². The zero-order valence-corrected chi connectivity index (χ0v) is 14.6. The quantitative estimate of drug-likeness (QED) is 0.243. The number of hydrogen-bond donors (Lipinski definition) is 1. The number of benzene rings is 2. The van der Waals surface area contributed by atoms with E-state index in [4.69, 9.17) is 4.74 Å². The van der Waals surface area contributed by atoms with Gasteiger partial charge in [0.15, 0.2) is 0 Å². The van der Waals surface area contributed by atoms with Crippen molar-refractivity contribution >= 4 is 45.6 Å². The summed E-state index contributed by atoms with van der Waals surface area (Å²) in [6.45, 7) is 2.06. The van der Waals surface area contributed by atoms with Crippen molar-refractivity contribution in [2.24, 2.45) is 0 Å². The third-order valence-corrected chi connectivity index (χ3v) is 3.97. The van der Waals surface area contributed by atoms with Gasteiger partial charge in [-0.25, -0.2) is 4.79 Å². The van der Waals surface area contributed by atoms with Crippen molar-refractivity contribution in [2.75, 3.05) is 11.9 Å². The molecule has 0 fully saturated rings. The highest BCUT2D eigenvalue weighted by atomic mass is 127. The van der Waals surface area contributed by atoms with Crippen molar-refractivity contribution < 1.29 is 14.5 Å². The van der Waals surface area contributed by atoms with Crippen LogP contribution in [0.25, 0.3) is 0 Å². The lowest BCUT2D eigenvalue weighted by Gasteiger charge is -2.09. The van der Waals surface area contributed by atoms with Crippen LogP contribution in [0.4, 0.5) is 17.1 Å². The molecule has 0 aliphatic carbocycles. The zero-order chi connectivity index (χ0) is 16.8. The van der Waals surface area contributed by atoms with Gasteiger partial charge in [0.25, 0.3) is 5.69 Å². The largest absolute Gasteiger partial charge is 0.462 e. The summed E-state index contributed by atoms with van der Waals surface area (Å²) in [5, 5.41) is 14.2. The SMILES string of the molecule is CCOC(=O)c1ccc(Nc2cc(CI)ccc2[N+](=O)[O-])cc1. The molecule has 0 aliphatic heterocycles. The van der Waals surface area contributed by atoms with E-state index in [1.165, 1.54) is 6.07 Å². The number of hydrogen-bond acceptors (Lipinski definition) is 5. The summed E-state index contributed by atoms with van der Waals surface area (Å²) < 4.78 is 5.67. The van der Waals surface area contributed by atoms with Crippen LogP contribution in [0.15, 0.2) is 42.5 Å². The van der Waals surface area contributed by atoms with Crippen LogP contribution in [0.1, 0.15) is 22.8 Å². The first-order chi connectivity index (χ1) is 11.0. The third kappa shape index (κ3) is 4.41. The van der Waals surface area contributed by atoms with Gasteiger partial charge in [0.05, 0.1) is 17.1 Å². The van der Waals surface area contributed by atoms with Crippen molar-refractivity contribution in [1.82, 2.24) is 0 Å². The highest BCUT2D eigenvalue weighted by Gasteiger charge is 2.14. The van der Waals surface area contributed by atoms with Crippen LogP contribution in [0.2, 0.25) is 0 Å². The number of alkyl halides is 1. The van der Waals surface area contributed by atoms with Gasteiger partial charge in [0.2, 0.25) is 0 Å². The smallest absolute Gasteiger partial charge is 0.338 e. The van der Waals surface area contributed by atoms with E-state index < -0.39 is 10.9 Å². The Hall–Kier alpha value is -2.16. The van der Waals surface area contributed by atoms with Crippen molar-refractivity contribution in [3.8, 4) is 0 Å². The van der Waals surface area contributed by atoms with E-state index in [-0.39, 0.29) is 5.69 Å². The monoisotopic (exact) mass is 426 g/mol. The molecule has 2 aromatic carbocycles. The molecule has 0 saturated heterocycles. The highest BCUT2D eigenvalue weighted by molar-refractivity contribution is 14.1. The minimum Gasteiger partial charge on any atom is -0.462 e. The zero-order valence-electron chi connectivity index (χ0n) is 12.4. The number of anilines is 2. The summed E-state index contributed by atoms with van der Waals surface area (Å²) in [7, 11) is 0. The molecule has 6 nitrogen and oxygen atoms in total. The molecule has 0 aromatic heterocycles. The number of ether oxygens (including phenoxy) is 1. The predicted molar refractivity (Wildman–Crippen MR) is 96.5 cm³/mol. The molecule has 0 saturated carbocycles. The number of carbonyl (C=O) groups is 1. The van der Waals surface area contributed by atoms with Crippen LogP contribution in [-0.2, 0) is 9.16 Å². The molecule has 0 unspecified atom stereocenters. The van der Waals surface area contributed by atoms with Gasteiger partial charge >= 0.3 is 5.97 Å². The number of halogens is 1. The Bertz CT molecular complexity index is 717. The molecule has 2 rings (SSSR count). The molecule has 0 atom stereocenters. The Morgan fingerprint density at radius 1 is 1.26 bits per heavy atom. The fourth-order valence-electron chi connectivity index (χ4n) is 1.99. The standard InChI is InChI=1S/C16H15IN2O4/c1-2-23-16(20)12-4-6-13(7-5-12)18-14-9-11(10-17)3-8-15(14)19(21)22/h3-9,18H,2,10H2,1H3. The van der Waals surface area contributed by atoms with Gasteiger partial charge in [-0.3, -0.25) is 10.1 Å². The van der Waals surface area contributed by atoms with Crippen molar-refractivity contribution in [2.45, 2.75) is 11.4 Å². The molecule has 7 heteroatoms. The normalized spacial score (nSPS) is 10.2. The van der Waals surface area contributed by atoms with Crippen molar-refractivity contribution in [1.29, 1.82) is 0 Å². The van der Waals surface area contributed by atoms with Gasteiger partial charge in [0.1, 0.15) is 5.69 Å². The fraction of sp³-hybridized carbons (Fsp3) is 0.188. The Labute approximate surface area is 147 Å². The molecule has 0 aliphatic rings. The fourth-order valence-corrected chi connectivity index (χ4v) is 2.46. The van der Waals surface area contributed by atoms with E-state index in [1.54, 1.807) is 43.3 Å². The summed E-state index contributed by atoms with van der Waals surface area (Å²) in [6, 6.07) is 11.6. The number of nitrogens with zero attached hydrogens (tertiary/aromatic N) is 1. The van der Waals surface area contributed by atoms with E-state index in [2.05, 4.69) is 27.9 Å². The second kappa shape index (κ2) is 7.91. The van der Waals surface area contributed by atoms with E-state index in [9.17, 15) is 14.9 Å². The van der Waals surface area contributed by atoms with Crippen LogP contribution >= 0.6 is 22.6 Å². The number of nitrogens with one attached hydrogen (secondary N) is 1. The molecule has 120 valence electrons. The average molecular weight is 426 g/mol. The first kappa shape index (κ1) is 17.2. The minimum atomic E-state index is -0.424. The van der Waals surface area contributed by atoms with Crippen molar-refractivity contribution in [3.05, 3.63) is 63.7 Å². The maximum atomic E-state index is 11.6. The lowest BCUT2D eigenvalue weighted by molar-refractivity contribution is -0.383. The van der Waals surface area contributed by atoms with E-state index in [1.807, 2.05) is 0 Å². The van der Waals surface area contributed by atoms with Crippen LogP contribution < -0.4 is 5.32 Å². The Balaban J connectivity index is 2.25. The summed E-state index contributed by atoms with van der Waals surface area (Å²) in [6.07, 6.45) is 0. The summed E-state index contributed by atoms with van der Waals surface area (Å²) in [5.74, 6) is -0.392. The topological polar surface area (TPSA) is 81.5 Å². The maximum absolute atomic E-state index is 11.6. The second-order valence-corrected chi connectivity index (χ2v) is 5.43. The number of rotatable bonds is 6. The minimum absolute atomic E-state index is 0.00747. The molecule has 0 amide bonds. The van der Waals surface area contributed by atoms with Crippen LogP contribution in [0.5, 0.6) is 0 Å². The van der Waals surface area contributed by atoms with Gasteiger partial charge in [-0.15, -0.1) is 0 Å². The average Bonchev–Trinajstić information content (AvgIpc) is 2.55. The van der Waals surface area contributed by atoms with Gasteiger partial charge in [0, 0.05) is 16.2 Å². The Kier molecular flexibility index (Phi) is 5.91. The molecular formula is C16H15IN2O4. The van der Waals surface area contributed by atoms with Crippen molar-refractivity contribution in [3.63, 3.8) is 0 Å². The third-order valence-electron chi connectivity index (χ3n) is 3.09. The van der Waals surface area contributed by atoms with Crippen LogP contribution in [-0.4, -0.2) is 17.5 Å². The molecule has 0 bridgehead atoms. The van der Waals surface area contributed by atoms with Crippen LogP contribution in [0, 0.1) is 10.1 Å². The first-order valence-electron chi connectivity index (χ1n) is 6.92. The van der Waals surface area contributed by atoms with E-state index in [0.29, 0.717) is 23.5 Å². The molecule has 0 spiro atoms. The molecule has 2 aromatic rings. The lowest BCUT2D eigenvalue weighted by Crippen LogP contribution is -2.04. The molecular weight excluding hydrogens is 411 g/mol. The predicted octanol–water partition coefficient (Wildman–Crippen LogP) is 4.45. The Morgan fingerprint density at radius 3 is 2.52 bits per heavy atom. The summed E-state index contributed by atoms with van der Waals surface area (Å²) >= 11 is 2.20. The van der Waals surface area contributed by atoms with Gasteiger partial charge in [-0.2, -0.15) is 0 Å². The molecule has 0 heterocycles. The second-order valence-electron chi connectivity index (χ2n) is 4.67. The highest BCUT2D eigenvalue weighted by Crippen LogP contribution is 2.29. The number of nitro benzene ring substituents is 1. The lowest BCUT2D eigenvalue weighted by atomic mass is 10.1. The molecule has 0 radical (unpaired) electrons. The molecule has 23 heavy (non-hydrogen) atoms. The first-order valence-corrected chi connectivity index (χ1v) is 8.45. The summed E-state index contributed by atoms with van der Waals surface area (Å²) in [5.41, 5.74) is 2.52. The number of carbonyl (C=O) groups excluding carboxylic acids is 1. The van der Waals surface area contributed by atoms with Gasteiger partial charge in [-0.1, -0.05) is 28.7 Å². The van der Waals surface area contributed by atoms with E-state index >= 15 is 0 Å². The van der Waals surface area contributed by atoms with E-state index in [0.717, 1.165) is 9.99 Å². The summed E-state index contributed by atoms with van der Waals surface area (Å²) in [4.78, 5) is 22.3. The number of esters is 1. The van der Waals surface area contributed by atoms with Gasteiger partial charge < -0.3 is 10.1 Å². The maximum Gasteiger partial charge on any atom is 0.338 e. The Morgan fingerprint density at radius 2 is 1.96 bits per heavy atom. The number of nitro groups is 1. The molecule has 1 N–H and O–H groups in total. The van der Waals surface area contributed by atoms with Crippen LogP contribution in [0.3, 0.4) is 0 Å².